The second kappa shape index (κ2) is 8.11. The van der Waals surface area contributed by atoms with Crippen molar-refractivity contribution in [1.29, 1.82) is 0 Å². The molecule has 0 aromatic heterocycles. The van der Waals surface area contributed by atoms with E-state index in [9.17, 15) is 4.79 Å². The molecule has 126 valence electrons. The van der Waals surface area contributed by atoms with E-state index in [-0.39, 0.29) is 11.8 Å². The standard InChI is InChI=1S/C21H26N2O/c1-22-14-8-13-20(17-22)21(24)23(15-18-9-4-2-5-10-18)16-19-11-6-3-7-12-19/h2-7,9-12,20H,8,13-17H2,1H3/t20-/m0/s1. The number of rotatable bonds is 5. The Hall–Kier alpha value is -2.13. The lowest BCUT2D eigenvalue weighted by atomic mass is 9.96. The number of carbonyl (C=O) groups excluding carboxylic acids is 1. The highest BCUT2D eigenvalue weighted by molar-refractivity contribution is 5.79. The van der Waals surface area contributed by atoms with Crippen LogP contribution in [-0.2, 0) is 17.9 Å². The van der Waals surface area contributed by atoms with Gasteiger partial charge < -0.3 is 9.80 Å². The average molecular weight is 322 g/mol. The normalized spacial score (nSPS) is 18.3. The number of amides is 1. The highest BCUT2D eigenvalue weighted by atomic mass is 16.2. The van der Waals surface area contributed by atoms with E-state index in [0.717, 1.165) is 25.9 Å². The van der Waals surface area contributed by atoms with Gasteiger partial charge in [-0.1, -0.05) is 60.7 Å². The molecule has 2 aromatic carbocycles. The molecule has 0 aliphatic carbocycles. The molecule has 0 spiro atoms. The predicted octanol–water partition coefficient (Wildman–Crippen LogP) is 3.56. The Bertz CT molecular complexity index is 600. The topological polar surface area (TPSA) is 23.6 Å². The molecule has 3 nitrogen and oxygen atoms in total. The molecular formula is C21H26N2O. The summed E-state index contributed by atoms with van der Waals surface area (Å²) < 4.78 is 0. The largest absolute Gasteiger partial charge is 0.334 e. The molecule has 1 fully saturated rings. The molecule has 0 radical (unpaired) electrons. The minimum absolute atomic E-state index is 0.121. The Balaban J connectivity index is 1.76. The van der Waals surface area contributed by atoms with Crippen LogP contribution in [0.25, 0.3) is 0 Å². The minimum atomic E-state index is 0.121. The molecule has 3 rings (SSSR count). The van der Waals surface area contributed by atoms with Gasteiger partial charge in [0.1, 0.15) is 0 Å². The molecule has 0 saturated carbocycles. The summed E-state index contributed by atoms with van der Waals surface area (Å²) in [4.78, 5) is 17.4. The molecule has 0 unspecified atom stereocenters. The first kappa shape index (κ1) is 16.7. The first-order chi connectivity index (χ1) is 11.7. The smallest absolute Gasteiger partial charge is 0.227 e. The maximum Gasteiger partial charge on any atom is 0.227 e. The van der Waals surface area contributed by atoms with Crippen LogP contribution in [0.2, 0.25) is 0 Å². The Kier molecular flexibility index (Phi) is 5.65. The van der Waals surface area contributed by atoms with E-state index in [1.807, 2.05) is 41.3 Å². The van der Waals surface area contributed by atoms with Crippen LogP contribution in [0.15, 0.2) is 60.7 Å². The van der Waals surface area contributed by atoms with Gasteiger partial charge in [-0.15, -0.1) is 0 Å². The molecular weight excluding hydrogens is 296 g/mol. The van der Waals surface area contributed by atoms with Gasteiger partial charge in [-0.25, -0.2) is 0 Å². The van der Waals surface area contributed by atoms with Gasteiger partial charge in [-0.05, 0) is 37.6 Å². The zero-order valence-electron chi connectivity index (χ0n) is 14.4. The van der Waals surface area contributed by atoms with E-state index in [2.05, 4.69) is 36.2 Å². The molecule has 1 saturated heterocycles. The van der Waals surface area contributed by atoms with E-state index in [1.165, 1.54) is 11.1 Å². The quantitative estimate of drug-likeness (QED) is 0.840. The third-order valence-corrected chi connectivity index (χ3v) is 4.72. The second-order valence-electron chi connectivity index (χ2n) is 6.77. The van der Waals surface area contributed by atoms with Crippen LogP contribution in [-0.4, -0.2) is 35.8 Å². The predicted molar refractivity (Wildman–Crippen MR) is 97.4 cm³/mol. The van der Waals surface area contributed by atoms with Gasteiger partial charge in [0, 0.05) is 19.6 Å². The highest BCUT2D eigenvalue weighted by Crippen LogP contribution is 2.20. The summed E-state index contributed by atoms with van der Waals surface area (Å²) in [6.07, 6.45) is 2.11. The molecule has 1 atom stereocenters. The zero-order chi connectivity index (χ0) is 16.8. The fraction of sp³-hybridized carbons (Fsp3) is 0.381. The van der Waals surface area contributed by atoms with E-state index in [0.29, 0.717) is 13.1 Å². The van der Waals surface area contributed by atoms with Crippen LogP contribution in [0, 0.1) is 5.92 Å². The van der Waals surface area contributed by atoms with Crippen LogP contribution in [0.5, 0.6) is 0 Å². The second-order valence-corrected chi connectivity index (χ2v) is 6.77. The average Bonchev–Trinajstić information content (AvgIpc) is 2.62. The molecule has 2 aromatic rings. The van der Waals surface area contributed by atoms with Gasteiger partial charge in [0.2, 0.25) is 5.91 Å². The first-order valence-corrected chi connectivity index (χ1v) is 8.77. The van der Waals surface area contributed by atoms with Crippen LogP contribution in [0.3, 0.4) is 0 Å². The summed E-state index contributed by atoms with van der Waals surface area (Å²) in [6.45, 7) is 3.32. The van der Waals surface area contributed by atoms with Gasteiger partial charge in [-0.3, -0.25) is 4.79 Å². The minimum Gasteiger partial charge on any atom is -0.334 e. The monoisotopic (exact) mass is 322 g/mol. The number of piperidine rings is 1. The van der Waals surface area contributed by atoms with Crippen LogP contribution >= 0.6 is 0 Å². The maximum atomic E-state index is 13.2. The molecule has 1 aliphatic heterocycles. The van der Waals surface area contributed by atoms with E-state index in [1.54, 1.807) is 0 Å². The zero-order valence-corrected chi connectivity index (χ0v) is 14.4. The number of likely N-dealkylation sites (tertiary alicyclic amines) is 1. The lowest BCUT2D eigenvalue weighted by Gasteiger charge is -2.33. The molecule has 3 heteroatoms. The summed E-state index contributed by atoms with van der Waals surface area (Å²) in [5.74, 6) is 0.408. The SMILES string of the molecule is CN1CCC[C@H](C(=O)N(Cc2ccccc2)Cc2ccccc2)C1. The van der Waals surface area contributed by atoms with Crippen molar-refractivity contribution in [2.45, 2.75) is 25.9 Å². The van der Waals surface area contributed by atoms with Crippen molar-refractivity contribution < 1.29 is 4.79 Å². The summed E-state index contributed by atoms with van der Waals surface area (Å²) in [5.41, 5.74) is 2.37. The Morgan fingerprint density at radius 3 is 2.04 bits per heavy atom. The van der Waals surface area contributed by atoms with Crippen molar-refractivity contribution in [1.82, 2.24) is 9.80 Å². The summed E-state index contributed by atoms with van der Waals surface area (Å²) in [6, 6.07) is 20.6. The van der Waals surface area contributed by atoms with E-state index < -0.39 is 0 Å². The summed E-state index contributed by atoms with van der Waals surface area (Å²) in [5, 5.41) is 0. The van der Waals surface area contributed by atoms with Crippen molar-refractivity contribution in [3.05, 3.63) is 71.8 Å². The summed E-state index contributed by atoms with van der Waals surface area (Å²) >= 11 is 0. The van der Waals surface area contributed by atoms with Gasteiger partial charge >= 0.3 is 0 Å². The lowest BCUT2D eigenvalue weighted by Crippen LogP contribution is -2.43. The highest BCUT2D eigenvalue weighted by Gasteiger charge is 2.28. The fourth-order valence-corrected chi connectivity index (χ4v) is 3.45. The van der Waals surface area contributed by atoms with Crippen molar-refractivity contribution >= 4 is 5.91 Å². The van der Waals surface area contributed by atoms with Crippen LogP contribution in [0.1, 0.15) is 24.0 Å². The first-order valence-electron chi connectivity index (χ1n) is 8.77. The lowest BCUT2D eigenvalue weighted by molar-refractivity contribution is -0.138. The van der Waals surface area contributed by atoms with Crippen molar-refractivity contribution in [3.8, 4) is 0 Å². The number of nitrogens with zero attached hydrogens (tertiary/aromatic N) is 2. The van der Waals surface area contributed by atoms with Crippen LogP contribution < -0.4 is 0 Å². The third kappa shape index (κ3) is 4.45. The molecule has 1 amide bonds. The van der Waals surface area contributed by atoms with Crippen molar-refractivity contribution in [2.24, 2.45) is 5.92 Å². The van der Waals surface area contributed by atoms with E-state index in [4.69, 9.17) is 0 Å². The molecule has 24 heavy (non-hydrogen) atoms. The van der Waals surface area contributed by atoms with E-state index >= 15 is 0 Å². The molecule has 0 N–H and O–H groups in total. The maximum absolute atomic E-state index is 13.2. The molecule has 1 aliphatic rings. The fourth-order valence-electron chi connectivity index (χ4n) is 3.45. The van der Waals surface area contributed by atoms with Gasteiger partial charge in [0.25, 0.3) is 0 Å². The Labute approximate surface area is 144 Å². The van der Waals surface area contributed by atoms with Gasteiger partial charge in [-0.2, -0.15) is 0 Å². The summed E-state index contributed by atoms with van der Waals surface area (Å²) in [7, 11) is 2.11. The van der Waals surface area contributed by atoms with Crippen molar-refractivity contribution in [2.75, 3.05) is 20.1 Å². The number of hydrogen-bond donors (Lipinski definition) is 0. The van der Waals surface area contributed by atoms with Gasteiger partial charge in [0.15, 0.2) is 0 Å². The number of hydrogen-bond acceptors (Lipinski definition) is 2. The molecule has 1 heterocycles. The Morgan fingerprint density at radius 2 is 1.54 bits per heavy atom. The van der Waals surface area contributed by atoms with Crippen LogP contribution in [0.4, 0.5) is 0 Å². The number of carbonyl (C=O) groups is 1. The Morgan fingerprint density at radius 1 is 1.00 bits per heavy atom. The molecule has 0 bridgehead atoms. The number of benzene rings is 2. The van der Waals surface area contributed by atoms with Gasteiger partial charge in [0.05, 0.1) is 5.92 Å². The van der Waals surface area contributed by atoms with Crippen molar-refractivity contribution in [3.63, 3.8) is 0 Å². The third-order valence-electron chi connectivity index (χ3n) is 4.72.